The molecule has 3 aliphatic heterocycles. The number of rotatable bonds is 2. The predicted molar refractivity (Wildman–Crippen MR) is 99.1 cm³/mol. The zero-order valence-electron chi connectivity index (χ0n) is 14.5. The number of amides is 2. The van der Waals surface area contributed by atoms with Gasteiger partial charge in [0, 0.05) is 55.8 Å². The first-order valence-electron chi connectivity index (χ1n) is 8.97. The van der Waals surface area contributed by atoms with Gasteiger partial charge < -0.3 is 15.5 Å². The summed E-state index contributed by atoms with van der Waals surface area (Å²) in [5.41, 5.74) is 1.42. The zero-order chi connectivity index (χ0) is 17.4. The number of anilines is 1. The smallest absolute Gasteiger partial charge is 0.253 e. The van der Waals surface area contributed by atoms with Crippen LogP contribution in [-0.2, 0) is 4.79 Å². The number of benzene rings is 1. The van der Waals surface area contributed by atoms with Gasteiger partial charge in [-0.3, -0.25) is 14.5 Å². The summed E-state index contributed by atoms with van der Waals surface area (Å²) in [6.07, 6.45) is 1.04. The van der Waals surface area contributed by atoms with Crippen LogP contribution in [0.2, 0.25) is 0 Å². The Morgan fingerprint density at radius 1 is 1.24 bits per heavy atom. The Morgan fingerprint density at radius 2 is 2.04 bits per heavy atom. The fraction of sp³-hybridized carbons (Fsp3) is 0.556. The standard InChI is InChI=1S/C18H24N4O2S/c1-12-17(23)20-15-10-13(2-3-16(15)25-12)18(24)22-7-4-14(11-22)21-8-5-19-6-9-21/h2-3,10,12,14,19H,4-9,11H2,1H3,(H,20,23). The molecule has 1 aromatic carbocycles. The summed E-state index contributed by atoms with van der Waals surface area (Å²) in [4.78, 5) is 30.2. The maximum atomic E-state index is 12.9. The third-order valence-electron chi connectivity index (χ3n) is 5.28. The molecular formula is C18H24N4O2S. The molecule has 0 radical (unpaired) electrons. The summed E-state index contributed by atoms with van der Waals surface area (Å²) in [6.45, 7) is 7.69. The second-order valence-corrected chi connectivity index (χ2v) is 8.32. The number of carbonyl (C=O) groups excluding carboxylic acids is 2. The minimum Gasteiger partial charge on any atom is -0.337 e. The van der Waals surface area contributed by atoms with E-state index in [0.717, 1.165) is 56.3 Å². The Morgan fingerprint density at radius 3 is 2.84 bits per heavy atom. The summed E-state index contributed by atoms with van der Waals surface area (Å²) in [5, 5.41) is 6.19. The van der Waals surface area contributed by atoms with E-state index >= 15 is 0 Å². The monoisotopic (exact) mass is 360 g/mol. The second-order valence-electron chi connectivity index (χ2n) is 6.94. The number of fused-ring (bicyclic) bond motifs is 1. The average molecular weight is 360 g/mol. The third-order valence-corrected chi connectivity index (χ3v) is 6.45. The number of hydrogen-bond donors (Lipinski definition) is 2. The van der Waals surface area contributed by atoms with E-state index in [1.807, 2.05) is 30.0 Å². The molecule has 3 heterocycles. The van der Waals surface area contributed by atoms with Crippen LogP contribution < -0.4 is 10.6 Å². The molecule has 2 fully saturated rings. The van der Waals surface area contributed by atoms with E-state index in [4.69, 9.17) is 0 Å². The van der Waals surface area contributed by atoms with Crippen LogP contribution in [0.4, 0.5) is 5.69 Å². The lowest BCUT2D eigenvalue weighted by molar-refractivity contribution is -0.115. The summed E-state index contributed by atoms with van der Waals surface area (Å²) in [6, 6.07) is 6.13. The molecule has 4 rings (SSSR count). The number of nitrogens with zero attached hydrogens (tertiary/aromatic N) is 2. The molecule has 0 bridgehead atoms. The maximum Gasteiger partial charge on any atom is 0.253 e. The Hall–Kier alpha value is -1.57. The predicted octanol–water partition coefficient (Wildman–Crippen LogP) is 1.24. The molecule has 6 nitrogen and oxygen atoms in total. The molecule has 25 heavy (non-hydrogen) atoms. The first kappa shape index (κ1) is 16.9. The fourth-order valence-electron chi connectivity index (χ4n) is 3.80. The molecule has 2 unspecified atom stereocenters. The molecule has 0 aliphatic carbocycles. The second kappa shape index (κ2) is 6.97. The lowest BCUT2D eigenvalue weighted by atomic mass is 10.1. The van der Waals surface area contributed by atoms with Crippen LogP contribution in [0.3, 0.4) is 0 Å². The van der Waals surface area contributed by atoms with Gasteiger partial charge >= 0.3 is 0 Å². The van der Waals surface area contributed by atoms with Crippen molar-refractivity contribution in [3.05, 3.63) is 23.8 Å². The van der Waals surface area contributed by atoms with E-state index in [1.54, 1.807) is 11.8 Å². The Balaban J connectivity index is 1.45. The van der Waals surface area contributed by atoms with Gasteiger partial charge in [0.05, 0.1) is 10.9 Å². The number of thioether (sulfide) groups is 1. The average Bonchev–Trinajstić information content (AvgIpc) is 3.12. The topological polar surface area (TPSA) is 64.7 Å². The molecule has 2 atom stereocenters. The molecule has 1 aromatic rings. The van der Waals surface area contributed by atoms with Crippen molar-refractivity contribution in [2.45, 2.75) is 29.5 Å². The highest BCUT2D eigenvalue weighted by atomic mass is 32.2. The molecule has 134 valence electrons. The molecule has 3 aliphatic rings. The largest absolute Gasteiger partial charge is 0.337 e. The van der Waals surface area contributed by atoms with E-state index in [0.29, 0.717) is 11.6 Å². The van der Waals surface area contributed by atoms with Crippen molar-refractivity contribution >= 4 is 29.3 Å². The molecule has 0 spiro atoms. The normalized spacial score (nSPS) is 27.1. The zero-order valence-corrected chi connectivity index (χ0v) is 15.3. The van der Waals surface area contributed by atoms with Crippen molar-refractivity contribution < 1.29 is 9.59 Å². The molecular weight excluding hydrogens is 336 g/mol. The van der Waals surface area contributed by atoms with Crippen molar-refractivity contribution in [2.75, 3.05) is 44.6 Å². The number of likely N-dealkylation sites (tertiary alicyclic amines) is 1. The fourth-order valence-corrected chi connectivity index (χ4v) is 4.73. The molecule has 2 saturated heterocycles. The van der Waals surface area contributed by atoms with Crippen LogP contribution in [0.15, 0.2) is 23.1 Å². The molecule has 7 heteroatoms. The van der Waals surface area contributed by atoms with Crippen molar-refractivity contribution in [2.24, 2.45) is 0 Å². The van der Waals surface area contributed by atoms with Gasteiger partial charge in [0.2, 0.25) is 5.91 Å². The van der Waals surface area contributed by atoms with Gasteiger partial charge in [0.15, 0.2) is 0 Å². The SMILES string of the molecule is CC1Sc2ccc(C(=O)N3CCC(N4CCNCC4)C3)cc2NC1=O. The van der Waals surface area contributed by atoms with Gasteiger partial charge in [-0.15, -0.1) is 11.8 Å². The summed E-state index contributed by atoms with van der Waals surface area (Å²) in [7, 11) is 0. The van der Waals surface area contributed by atoms with Crippen LogP contribution >= 0.6 is 11.8 Å². The Labute approximate surface area is 152 Å². The van der Waals surface area contributed by atoms with Gasteiger partial charge in [-0.2, -0.15) is 0 Å². The highest BCUT2D eigenvalue weighted by molar-refractivity contribution is 8.00. The van der Waals surface area contributed by atoms with Crippen LogP contribution in [0.5, 0.6) is 0 Å². The molecule has 2 amide bonds. The van der Waals surface area contributed by atoms with E-state index in [2.05, 4.69) is 15.5 Å². The highest BCUT2D eigenvalue weighted by Gasteiger charge is 2.32. The van der Waals surface area contributed by atoms with Crippen molar-refractivity contribution in [3.8, 4) is 0 Å². The van der Waals surface area contributed by atoms with Crippen molar-refractivity contribution in [3.63, 3.8) is 0 Å². The lowest BCUT2D eigenvalue weighted by Crippen LogP contribution is -2.49. The van der Waals surface area contributed by atoms with Crippen LogP contribution in [0, 0.1) is 0 Å². The van der Waals surface area contributed by atoms with Crippen molar-refractivity contribution in [1.82, 2.24) is 15.1 Å². The lowest BCUT2D eigenvalue weighted by Gasteiger charge is -2.32. The van der Waals surface area contributed by atoms with E-state index in [1.165, 1.54) is 0 Å². The van der Waals surface area contributed by atoms with Crippen LogP contribution in [-0.4, -0.2) is 72.2 Å². The van der Waals surface area contributed by atoms with E-state index < -0.39 is 0 Å². The van der Waals surface area contributed by atoms with Crippen LogP contribution in [0.1, 0.15) is 23.7 Å². The number of carbonyl (C=O) groups is 2. The first-order chi connectivity index (χ1) is 12.1. The molecule has 0 saturated carbocycles. The van der Waals surface area contributed by atoms with Crippen molar-refractivity contribution in [1.29, 1.82) is 0 Å². The Bertz CT molecular complexity index is 690. The van der Waals surface area contributed by atoms with Gasteiger partial charge in [0.1, 0.15) is 0 Å². The first-order valence-corrected chi connectivity index (χ1v) is 9.85. The van der Waals surface area contributed by atoms with Gasteiger partial charge in [-0.05, 0) is 31.5 Å². The minimum absolute atomic E-state index is 0.00189. The quantitative estimate of drug-likeness (QED) is 0.831. The Kier molecular flexibility index (Phi) is 4.71. The number of nitrogens with one attached hydrogen (secondary N) is 2. The van der Waals surface area contributed by atoms with Gasteiger partial charge in [0.25, 0.3) is 5.91 Å². The third kappa shape index (κ3) is 3.41. The molecule has 0 aromatic heterocycles. The summed E-state index contributed by atoms with van der Waals surface area (Å²) < 4.78 is 0. The van der Waals surface area contributed by atoms with E-state index in [-0.39, 0.29) is 17.1 Å². The van der Waals surface area contributed by atoms with Gasteiger partial charge in [-0.25, -0.2) is 0 Å². The number of piperazine rings is 1. The van der Waals surface area contributed by atoms with E-state index in [9.17, 15) is 9.59 Å². The summed E-state index contributed by atoms with van der Waals surface area (Å²) >= 11 is 1.54. The highest BCUT2D eigenvalue weighted by Crippen LogP contribution is 2.36. The van der Waals surface area contributed by atoms with Gasteiger partial charge in [-0.1, -0.05) is 0 Å². The molecule has 2 N–H and O–H groups in total. The maximum absolute atomic E-state index is 12.9. The summed E-state index contributed by atoms with van der Waals surface area (Å²) in [5.74, 6) is 0.0698. The number of hydrogen-bond acceptors (Lipinski definition) is 5. The van der Waals surface area contributed by atoms with Crippen LogP contribution in [0.25, 0.3) is 0 Å². The minimum atomic E-state index is -0.0903.